The first-order valence-corrected chi connectivity index (χ1v) is 5.58. The highest BCUT2D eigenvalue weighted by Gasteiger charge is 1.83. The number of hydrogen-bond acceptors (Lipinski definition) is 1. The third kappa shape index (κ3) is 11.0. The summed E-state index contributed by atoms with van der Waals surface area (Å²) in [7, 11) is 0. The Morgan fingerprint density at radius 2 is 1.50 bits per heavy atom. The predicted octanol–water partition coefficient (Wildman–Crippen LogP) is 4.37. The van der Waals surface area contributed by atoms with Crippen molar-refractivity contribution in [1.29, 1.82) is 5.26 Å². The topological polar surface area (TPSA) is 23.8 Å². The van der Waals surface area contributed by atoms with Gasteiger partial charge >= 0.3 is 0 Å². The van der Waals surface area contributed by atoms with Crippen LogP contribution in [0.4, 0.5) is 0 Å². The third-order valence-electron chi connectivity index (χ3n) is 1.98. The molecule has 0 aromatic heterocycles. The van der Waals surface area contributed by atoms with Gasteiger partial charge in [-0.2, -0.15) is 5.26 Å². The Balaban J connectivity index is 3.09. The molecular weight excluding hydrogens is 170 g/mol. The largest absolute Gasteiger partial charge is 0.198 e. The molecule has 0 bridgehead atoms. The van der Waals surface area contributed by atoms with E-state index in [1.807, 2.05) is 0 Å². The van der Waals surface area contributed by atoms with E-state index in [9.17, 15) is 0 Å². The van der Waals surface area contributed by atoms with Gasteiger partial charge in [0.1, 0.15) is 0 Å². The van der Waals surface area contributed by atoms with Crippen LogP contribution in [0.2, 0.25) is 0 Å². The van der Waals surface area contributed by atoms with Gasteiger partial charge in [0.25, 0.3) is 0 Å². The van der Waals surface area contributed by atoms with Gasteiger partial charge in [-0.3, -0.25) is 0 Å². The minimum atomic E-state index is 0.649. The summed E-state index contributed by atoms with van der Waals surface area (Å²) in [5.74, 6) is 0. The quantitative estimate of drug-likeness (QED) is 0.413. The van der Waals surface area contributed by atoms with Crippen LogP contribution in [0.5, 0.6) is 0 Å². The zero-order chi connectivity index (χ0) is 10.5. The molecule has 0 amide bonds. The van der Waals surface area contributed by atoms with E-state index in [4.69, 9.17) is 5.26 Å². The van der Waals surface area contributed by atoms with Crippen LogP contribution in [0.1, 0.15) is 51.9 Å². The second kappa shape index (κ2) is 12.0. The van der Waals surface area contributed by atoms with E-state index < -0.39 is 0 Å². The van der Waals surface area contributed by atoms with Crippen molar-refractivity contribution in [3.05, 3.63) is 24.3 Å². The maximum Gasteiger partial charge on any atom is 0.0624 e. The molecule has 0 spiro atoms. The lowest BCUT2D eigenvalue weighted by Gasteiger charge is -1.92. The molecule has 0 atom stereocenters. The normalized spacial score (nSPS) is 11.1. The Labute approximate surface area is 88.1 Å². The second-order valence-electron chi connectivity index (χ2n) is 3.33. The van der Waals surface area contributed by atoms with Crippen LogP contribution in [0.25, 0.3) is 0 Å². The number of allylic oxidation sites excluding steroid dienone is 4. The maximum absolute atomic E-state index is 8.30. The van der Waals surface area contributed by atoms with Gasteiger partial charge in [-0.25, -0.2) is 0 Å². The molecule has 0 aliphatic carbocycles. The highest BCUT2D eigenvalue weighted by atomic mass is 14.2. The van der Waals surface area contributed by atoms with Crippen LogP contribution in [0, 0.1) is 11.3 Å². The van der Waals surface area contributed by atoms with Crippen molar-refractivity contribution < 1.29 is 0 Å². The molecule has 1 heteroatoms. The van der Waals surface area contributed by atoms with Crippen LogP contribution < -0.4 is 0 Å². The van der Waals surface area contributed by atoms with Crippen molar-refractivity contribution in [1.82, 2.24) is 0 Å². The summed E-state index contributed by atoms with van der Waals surface area (Å²) in [5, 5.41) is 8.30. The Hall–Kier alpha value is -1.03. The van der Waals surface area contributed by atoms with Crippen molar-refractivity contribution >= 4 is 0 Å². The van der Waals surface area contributed by atoms with E-state index in [1.54, 1.807) is 0 Å². The average molecular weight is 191 g/mol. The summed E-state index contributed by atoms with van der Waals surface area (Å²) in [6.45, 7) is 2.16. The van der Waals surface area contributed by atoms with Gasteiger partial charge in [0.05, 0.1) is 6.07 Å². The van der Waals surface area contributed by atoms with Gasteiger partial charge in [-0.15, -0.1) is 0 Å². The predicted molar refractivity (Wildman–Crippen MR) is 61.9 cm³/mol. The zero-order valence-electron chi connectivity index (χ0n) is 9.21. The number of nitrogens with zero attached hydrogens (tertiary/aromatic N) is 1. The molecule has 0 aromatic rings. The van der Waals surface area contributed by atoms with Crippen molar-refractivity contribution in [2.75, 3.05) is 0 Å². The van der Waals surface area contributed by atoms with Gasteiger partial charge in [-0.05, 0) is 38.5 Å². The number of hydrogen-bond donors (Lipinski definition) is 0. The molecule has 0 aromatic carbocycles. The molecule has 0 saturated heterocycles. The van der Waals surface area contributed by atoms with E-state index in [0.29, 0.717) is 6.42 Å². The molecule has 1 nitrogen and oxygen atoms in total. The Morgan fingerprint density at radius 1 is 0.929 bits per heavy atom. The lowest BCUT2D eigenvalue weighted by atomic mass is 10.1. The SMILES string of the molecule is CCC=CCCCCC=CCCC#N. The summed E-state index contributed by atoms with van der Waals surface area (Å²) in [6, 6.07) is 2.13. The summed E-state index contributed by atoms with van der Waals surface area (Å²) in [4.78, 5) is 0. The minimum Gasteiger partial charge on any atom is -0.198 e. The summed E-state index contributed by atoms with van der Waals surface area (Å²) >= 11 is 0. The Morgan fingerprint density at radius 3 is 2.07 bits per heavy atom. The summed E-state index contributed by atoms with van der Waals surface area (Å²) in [6.07, 6.45) is 16.4. The van der Waals surface area contributed by atoms with Crippen molar-refractivity contribution in [3.8, 4) is 6.07 Å². The maximum atomic E-state index is 8.30. The van der Waals surface area contributed by atoms with E-state index >= 15 is 0 Å². The van der Waals surface area contributed by atoms with Crippen molar-refractivity contribution in [3.63, 3.8) is 0 Å². The molecule has 0 fully saturated rings. The fourth-order valence-electron chi connectivity index (χ4n) is 1.19. The van der Waals surface area contributed by atoms with Crippen molar-refractivity contribution in [2.45, 2.75) is 51.9 Å². The van der Waals surface area contributed by atoms with Crippen LogP contribution >= 0.6 is 0 Å². The number of unbranched alkanes of at least 4 members (excludes halogenated alkanes) is 4. The first kappa shape index (κ1) is 13.0. The molecule has 0 heterocycles. The van der Waals surface area contributed by atoms with Crippen LogP contribution in [-0.2, 0) is 0 Å². The monoisotopic (exact) mass is 191 g/mol. The van der Waals surface area contributed by atoms with Gasteiger partial charge in [0.15, 0.2) is 0 Å². The summed E-state index contributed by atoms with van der Waals surface area (Å²) in [5.41, 5.74) is 0. The molecule has 0 aliphatic heterocycles. The smallest absolute Gasteiger partial charge is 0.0624 e. The van der Waals surface area contributed by atoms with Crippen LogP contribution in [-0.4, -0.2) is 0 Å². The molecule has 78 valence electrons. The molecular formula is C13H21N. The second-order valence-corrected chi connectivity index (χ2v) is 3.33. The first-order valence-electron chi connectivity index (χ1n) is 5.58. The zero-order valence-corrected chi connectivity index (χ0v) is 9.21. The van der Waals surface area contributed by atoms with E-state index in [2.05, 4.69) is 37.3 Å². The van der Waals surface area contributed by atoms with Gasteiger partial charge < -0.3 is 0 Å². The Bertz CT molecular complexity index is 196. The molecule has 0 aliphatic rings. The fraction of sp³-hybridized carbons (Fsp3) is 0.615. The highest BCUT2D eigenvalue weighted by Crippen LogP contribution is 2.02. The molecule has 0 N–H and O–H groups in total. The standard InChI is InChI=1S/C13H21N/c1-2-3-4-5-6-7-8-9-10-11-12-13-14/h3-4,9-10H,2,5-8,11-12H2,1H3. The highest BCUT2D eigenvalue weighted by molar-refractivity contribution is 4.86. The van der Waals surface area contributed by atoms with Gasteiger partial charge in [0.2, 0.25) is 0 Å². The molecule has 0 radical (unpaired) electrons. The van der Waals surface area contributed by atoms with E-state index in [0.717, 1.165) is 19.3 Å². The third-order valence-corrected chi connectivity index (χ3v) is 1.98. The van der Waals surface area contributed by atoms with Crippen LogP contribution in [0.15, 0.2) is 24.3 Å². The van der Waals surface area contributed by atoms with Crippen LogP contribution in [0.3, 0.4) is 0 Å². The lowest BCUT2D eigenvalue weighted by Crippen LogP contribution is -1.72. The number of nitriles is 1. The van der Waals surface area contributed by atoms with E-state index in [-0.39, 0.29) is 0 Å². The lowest BCUT2D eigenvalue weighted by molar-refractivity contribution is 0.759. The van der Waals surface area contributed by atoms with Gasteiger partial charge in [0, 0.05) is 6.42 Å². The average Bonchev–Trinajstić information content (AvgIpc) is 2.21. The van der Waals surface area contributed by atoms with E-state index in [1.165, 1.54) is 19.3 Å². The number of rotatable bonds is 8. The van der Waals surface area contributed by atoms with Crippen molar-refractivity contribution in [2.24, 2.45) is 0 Å². The summed E-state index contributed by atoms with van der Waals surface area (Å²) < 4.78 is 0. The molecule has 0 unspecified atom stereocenters. The molecule has 0 rings (SSSR count). The van der Waals surface area contributed by atoms with Gasteiger partial charge in [-0.1, -0.05) is 31.2 Å². The minimum absolute atomic E-state index is 0.649. The fourth-order valence-corrected chi connectivity index (χ4v) is 1.19. The Kier molecular flexibility index (Phi) is 11.1. The first-order chi connectivity index (χ1) is 6.91. The molecule has 0 saturated carbocycles. The molecule has 14 heavy (non-hydrogen) atoms.